The molecule has 11 heavy (non-hydrogen) atoms. The minimum Gasteiger partial charge on any atom is -0.161 e. The highest BCUT2D eigenvalue weighted by Gasteiger charge is 2.02. The third kappa shape index (κ3) is 7.20. The van der Waals surface area contributed by atoms with Crippen LogP contribution in [-0.4, -0.2) is 16.8 Å². The van der Waals surface area contributed by atoms with Gasteiger partial charge in [0.1, 0.15) is 0 Å². The Morgan fingerprint density at radius 1 is 1.18 bits per heavy atom. The molecule has 0 aromatic carbocycles. The summed E-state index contributed by atoms with van der Waals surface area (Å²) in [7, 11) is 0. The SMILES string of the molecule is CCC(C)CSCC(C)CBr. The van der Waals surface area contributed by atoms with Crippen molar-refractivity contribution in [3.8, 4) is 0 Å². The van der Waals surface area contributed by atoms with Gasteiger partial charge in [-0.25, -0.2) is 0 Å². The van der Waals surface area contributed by atoms with Crippen molar-refractivity contribution in [3.05, 3.63) is 0 Å². The fourth-order valence-electron chi connectivity index (χ4n) is 0.633. The molecule has 0 N–H and O–H groups in total. The van der Waals surface area contributed by atoms with Crippen LogP contribution in [0.25, 0.3) is 0 Å². The van der Waals surface area contributed by atoms with Gasteiger partial charge in [-0.3, -0.25) is 0 Å². The molecule has 0 aliphatic carbocycles. The van der Waals surface area contributed by atoms with Crippen molar-refractivity contribution >= 4 is 27.7 Å². The van der Waals surface area contributed by atoms with Crippen LogP contribution in [0.2, 0.25) is 0 Å². The monoisotopic (exact) mass is 238 g/mol. The minimum absolute atomic E-state index is 0.823. The van der Waals surface area contributed by atoms with Gasteiger partial charge in [0.05, 0.1) is 0 Å². The standard InChI is InChI=1S/C9H19BrS/c1-4-8(2)6-11-7-9(3)5-10/h8-9H,4-7H2,1-3H3. The van der Waals surface area contributed by atoms with E-state index in [-0.39, 0.29) is 0 Å². The van der Waals surface area contributed by atoms with Crippen LogP contribution >= 0.6 is 27.7 Å². The van der Waals surface area contributed by atoms with Crippen LogP contribution in [0.1, 0.15) is 27.2 Å². The first-order valence-corrected chi connectivity index (χ1v) is 6.62. The molecule has 0 nitrogen and oxygen atoms in total. The molecule has 0 rings (SSSR count). The summed E-state index contributed by atoms with van der Waals surface area (Å²) in [6.07, 6.45) is 1.32. The van der Waals surface area contributed by atoms with E-state index in [0.717, 1.165) is 17.2 Å². The van der Waals surface area contributed by atoms with E-state index in [2.05, 4.69) is 48.5 Å². The highest BCUT2D eigenvalue weighted by molar-refractivity contribution is 9.09. The lowest BCUT2D eigenvalue weighted by molar-refractivity contribution is 0.635. The molecule has 0 amide bonds. The average molecular weight is 239 g/mol. The first kappa shape index (κ1) is 11.8. The second kappa shape index (κ2) is 7.48. The van der Waals surface area contributed by atoms with Crippen molar-refractivity contribution in [2.24, 2.45) is 11.8 Å². The van der Waals surface area contributed by atoms with Gasteiger partial charge >= 0.3 is 0 Å². The summed E-state index contributed by atoms with van der Waals surface area (Å²) in [6, 6.07) is 0. The van der Waals surface area contributed by atoms with E-state index in [9.17, 15) is 0 Å². The normalized spacial score (nSPS) is 16.4. The molecule has 2 unspecified atom stereocenters. The summed E-state index contributed by atoms with van der Waals surface area (Å²) in [5, 5.41) is 1.14. The summed E-state index contributed by atoms with van der Waals surface area (Å²) in [4.78, 5) is 0. The van der Waals surface area contributed by atoms with Crippen LogP contribution in [-0.2, 0) is 0 Å². The Morgan fingerprint density at radius 3 is 2.18 bits per heavy atom. The van der Waals surface area contributed by atoms with E-state index < -0.39 is 0 Å². The Kier molecular flexibility index (Phi) is 8.04. The molecule has 2 atom stereocenters. The smallest absolute Gasteiger partial charge is 0.00649 e. The molecule has 68 valence electrons. The second-order valence-corrected chi connectivity index (χ2v) is 5.03. The molecule has 0 saturated carbocycles. The second-order valence-electron chi connectivity index (χ2n) is 3.31. The number of thioether (sulfide) groups is 1. The Morgan fingerprint density at radius 2 is 1.73 bits per heavy atom. The highest BCUT2D eigenvalue weighted by Crippen LogP contribution is 2.15. The van der Waals surface area contributed by atoms with Gasteiger partial charge in [-0.1, -0.05) is 43.1 Å². The van der Waals surface area contributed by atoms with E-state index in [0.29, 0.717) is 0 Å². The average Bonchev–Trinajstić information content (AvgIpc) is 2.04. The summed E-state index contributed by atoms with van der Waals surface area (Å²) < 4.78 is 0. The Balaban J connectivity index is 3.13. The molecule has 0 aromatic heterocycles. The molecule has 0 radical (unpaired) electrons. The van der Waals surface area contributed by atoms with E-state index in [1.165, 1.54) is 17.9 Å². The summed E-state index contributed by atoms with van der Waals surface area (Å²) in [6.45, 7) is 6.88. The number of alkyl halides is 1. The quantitative estimate of drug-likeness (QED) is 0.635. The van der Waals surface area contributed by atoms with Gasteiger partial charge < -0.3 is 0 Å². The van der Waals surface area contributed by atoms with Crippen molar-refractivity contribution < 1.29 is 0 Å². The zero-order chi connectivity index (χ0) is 8.69. The molecule has 0 spiro atoms. The molecule has 0 bridgehead atoms. The van der Waals surface area contributed by atoms with Gasteiger partial charge in [0, 0.05) is 5.33 Å². The van der Waals surface area contributed by atoms with Crippen LogP contribution in [0.4, 0.5) is 0 Å². The molecule has 0 saturated heterocycles. The van der Waals surface area contributed by atoms with Gasteiger partial charge in [-0.2, -0.15) is 11.8 Å². The topological polar surface area (TPSA) is 0 Å². The number of hydrogen-bond donors (Lipinski definition) is 0. The Bertz CT molecular complexity index is 75.6. The molecule has 0 aliphatic heterocycles. The lowest BCUT2D eigenvalue weighted by atomic mass is 10.2. The first-order chi connectivity index (χ1) is 5.20. The maximum absolute atomic E-state index is 3.49. The van der Waals surface area contributed by atoms with Gasteiger partial charge in [-0.15, -0.1) is 0 Å². The first-order valence-electron chi connectivity index (χ1n) is 4.34. The van der Waals surface area contributed by atoms with Gasteiger partial charge in [0.15, 0.2) is 0 Å². The predicted molar refractivity (Wildman–Crippen MR) is 59.7 cm³/mol. The lowest BCUT2D eigenvalue weighted by Crippen LogP contribution is -2.03. The van der Waals surface area contributed by atoms with Gasteiger partial charge in [-0.05, 0) is 23.3 Å². The summed E-state index contributed by atoms with van der Waals surface area (Å²) >= 11 is 5.57. The Hall–Kier alpha value is 0.830. The van der Waals surface area contributed by atoms with E-state index >= 15 is 0 Å². The predicted octanol–water partition coefficient (Wildman–Crippen LogP) is 3.80. The van der Waals surface area contributed by atoms with Crippen molar-refractivity contribution in [2.45, 2.75) is 27.2 Å². The van der Waals surface area contributed by atoms with Crippen LogP contribution in [0, 0.1) is 11.8 Å². The third-order valence-corrected chi connectivity index (χ3v) is 4.48. The van der Waals surface area contributed by atoms with Crippen LogP contribution in [0.15, 0.2) is 0 Å². The van der Waals surface area contributed by atoms with Crippen molar-refractivity contribution in [2.75, 3.05) is 16.8 Å². The number of halogens is 1. The zero-order valence-electron chi connectivity index (χ0n) is 7.77. The van der Waals surface area contributed by atoms with Gasteiger partial charge in [0.2, 0.25) is 0 Å². The molecule has 0 fully saturated rings. The molecule has 2 heteroatoms. The largest absolute Gasteiger partial charge is 0.161 e. The number of rotatable bonds is 6. The maximum Gasteiger partial charge on any atom is 0.00649 e. The van der Waals surface area contributed by atoms with E-state index in [1.807, 2.05) is 0 Å². The molecular weight excluding hydrogens is 220 g/mol. The van der Waals surface area contributed by atoms with Gasteiger partial charge in [0.25, 0.3) is 0 Å². The minimum atomic E-state index is 0.823. The van der Waals surface area contributed by atoms with E-state index in [1.54, 1.807) is 0 Å². The molecular formula is C9H19BrS. The molecule has 0 aliphatic rings. The lowest BCUT2D eigenvalue weighted by Gasteiger charge is -2.10. The zero-order valence-corrected chi connectivity index (χ0v) is 10.2. The highest BCUT2D eigenvalue weighted by atomic mass is 79.9. The molecule has 0 heterocycles. The maximum atomic E-state index is 3.49. The van der Waals surface area contributed by atoms with Crippen LogP contribution < -0.4 is 0 Å². The Labute approximate surface area is 83.6 Å². The fraction of sp³-hybridized carbons (Fsp3) is 1.00. The molecule has 0 aromatic rings. The van der Waals surface area contributed by atoms with Crippen LogP contribution in [0.5, 0.6) is 0 Å². The van der Waals surface area contributed by atoms with E-state index in [4.69, 9.17) is 0 Å². The van der Waals surface area contributed by atoms with Crippen molar-refractivity contribution in [1.29, 1.82) is 0 Å². The fourth-order valence-corrected chi connectivity index (χ4v) is 2.46. The van der Waals surface area contributed by atoms with Crippen molar-refractivity contribution in [1.82, 2.24) is 0 Å². The third-order valence-electron chi connectivity index (χ3n) is 1.77. The number of hydrogen-bond acceptors (Lipinski definition) is 1. The van der Waals surface area contributed by atoms with Crippen molar-refractivity contribution in [3.63, 3.8) is 0 Å². The van der Waals surface area contributed by atoms with Crippen LogP contribution in [0.3, 0.4) is 0 Å². The summed E-state index contributed by atoms with van der Waals surface area (Å²) in [5.74, 6) is 4.34. The summed E-state index contributed by atoms with van der Waals surface area (Å²) in [5.41, 5.74) is 0.